The van der Waals surface area contributed by atoms with E-state index in [-0.39, 0.29) is 0 Å². The number of benzene rings is 1. The van der Waals surface area contributed by atoms with Crippen LogP contribution in [0, 0.1) is 0 Å². The molecule has 2 rings (SSSR count). The lowest BCUT2D eigenvalue weighted by Gasteiger charge is -1.94. The first-order valence-electron chi connectivity index (χ1n) is 5.46. The average Bonchev–Trinajstić information content (AvgIpc) is 2.37. The van der Waals surface area contributed by atoms with Crippen molar-refractivity contribution in [1.82, 2.24) is 0 Å². The molecule has 0 fully saturated rings. The van der Waals surface area contributed by atoms with Crippen LogP contribution in [-0.4, -0.2) is 6.29 Å². The van der Waals surface area contributed by atoms with Gasteiger partial charge in [0.05, 0.1) is 0 Å². The van der Waals surface area contributed by atoms with Crippen molar-refractivity contribution in [2.75, 3.05) is 0 Å². The van der Waals surface area contributed by atoms with Gasteiger partial charge >= 0.3 is 0 Å². The van der Waals surface area contributed by atoms with Crippen molar-refractivity contribution >= 4 is 18.4 Å². The Morgan fingerprint density at radius 3 is 2.24 bits per heavy atom. The summed E-state index contributed by atoms with van der Waals surface area (Å²) in [6, 6.07) is 11.6. The van der Waals surface area contributed by atoms with Crippen molar-refractivity contribution in [3.05, 3.63) is 65.5 Å². The summed E-state index contributed by atoms with van der Waals surface area (Å²) in [7, 11) is 2.00. The number of aryl methyl sites for hydroxylation is 1. The van der Waals surface area contributed by atoms with Crippen molar-refractivity contribution in [2.24, 2.45) is 7.05 Å². The highest BCUT2D eigenvalue weighted by molar-refractivity contribution is 5.76. The summed E-state index contributed by atoms with van der Waals surface area (Å²) >= 11 is 0. The molecule has 0 aliphatic rings. The highest BCUT2D eigenvalue weighted by Crippen LogP contribution is 2.07. The molecule has 0 unspecified atom stereocenters. The molecule has 0 saturated carbocycles. The Morgan fingerprint density at radius 2 is 1.59 bits per heavy atom. The molecule has 17 heavy (non-hydrogen) atoms. The highest BCUT2D eigenvalue weighted by atomic mass is 16.1. The van der Waals surface area contributed by atoms with E-state index in [1.54, 1.807) is 0 Å². The summed E-state index contributed by atoms with van der Waals surface area (Å²) in [6.07, 6.45) is 8.98. The molecule has 1 heterocycles. The maximum absolute atomic E-state index is 10.5. The second kappa shape index (κ2) is 5.21. The fourth-order valence-electron chi connectivity index (χ4n) is 1.59. The topological polar surface area (TPSA) is 20.9 Å². The molecule has 0 N–H and O–H groups in total. The molecule has 0 aliphatic heterocycles. The van der Waals surface area contributed by atoms with E-state index in [1.807, 2.05) is 54.2 Å². The summed E-state index contributed by atoms with van der Waals surface area (Å²) < 4.78 is 2.01. The van der Waals surface area contributed by atoms with Crippen molar-refractivity contribution < 1.29 is 9.36 Å². The molecule has 0 saturated heterocycles. The van der Waals surface area contributed by atoms with Gasteiger partial charge in [0.15, 0.2) is 12.4 Å². The van der Waals surface area contributed by atoms with Gasteiger partial charge in [0.25, 0.3) is 0 Å². The lowest BCUT2D eigenvalue weighted by atomic mass is 10.1. The fourth-order valence-corrected chi connectivity index (χ4v) is 1.59. The van der Waals surface area contributed by atoms with Crippen LogP contribution in [0.4, 0.5) is 0 Å². The summed E-state index contributed by atoms with van der Waals surface area (Å²) in [5.41, 5.74) is 2.94. The number of carbonyl (C=O) groups is 1. The first-order valence-corrected chi connectivity index (χ1v) is 5.46. The van der Waals surface area contributed by atoms with Crippen molar-refractivity contribution in [1.29, 1.82) is 0 Å². The third-order valence-electron chi connectivity index (χ3n) is 2.50. The summed E-state index contributed by atoms with van der Waals surface area (Å²) in [6.45, 7) is 0. The van der Waals surface area contributed by atoms with Crippen LogP contribution in [0.25, 0.3) is 12.2 Å². The molecule has 2 heteroatoms. The van der Waals surface area contributed by atoms with Crippen molar-refractivity contribution in [3.63, 3.8) is 0 Å². The lowest BCUT2D eigenvalue weighted by molar-refractivity contribution is -0.671. The standard InChI is InChI=1S/C15H14NO/c1-16-10-2-3-14(11-16)7-4-13-5-8-15(12-17)9-6-13/h2-12H,1H3/q+1/b7-4+. The van der Waals surface area contributed by atoms with E-state index in [0.717, 1.165) is 17.4 Å². The second-order valence-corrected chi connectivity index (χ2v) is 3.92. The molecule has 1 aromatic heterocycles. The summed E-state index contributed by atoms with van der Waals surface area (Å²) in [5.74, 6) is 0. The van der Waals surface area contributed by atoms with E-state index in [4.69, 9.17) is 0 Å². The fraction of sp³-hybridized carbons (Fsp3) is 0.0667. The van der Waals surface area contributed by atoms with Gasteiger partial charge < -0.3 is 0 Å². The van der Waals surface area contributed by atoms with E-state index in [2.05, 4.69) is 18.3 Å². The molecule has 1 aromatic carbocycles. The Kier molecular flexibility index (Phi) is 3.46. The predicted molar refractivity (Wildman–Crippen MR) is 68.4 cm³/mol. The van der Waals surface area contributed by atoms with Crippen LogP contribution in [0.5, 0.6) is 0 Å². The molecule has 84 valence electrons. The average molecular weight is 224 g/mol. The van der Waals surface area contributed by atoms with Crippen LogP contribution in [-0.2, 0) is 7.05 Å². The molecule has 2 aromatic rings. The zero-order valence-electron chi connectivity index (χ0n) is 9.71. The number of hydrogen-bond acceptors (Lipinski definition) is 1. The number of aldehydes is 1. The number of hydrogen-bond donors (Lipinski definition) is 0. The van der Waals surface area contributed by atoms with E-state index < -0.39 is 0 Å². The zero-order valence-corrected chi connectivity index (χ0v) is 9.71. The number of aromatic nitrogens is 1. The van der Waals surface area contributed by atoms with Gasteiger partial charge in [0.2, 0.25) is 0 Å². The van der Waals surface area contributed by atoms with Gasteiger partial charge in [-0.25, -0.2) is 4.57 Å². The maximum Gasteiger partial charge on any atom is 0.175 e. The van der Waals surface area contributed by atoms with Gasteiger partial charge in [0.1, 0.15) is 13.3 Å². The number of rotatable bonds is 3. The van der Waals surface area contributed by atoms with E-state index in [0.29, 0.717) is 5.56 Å². The van der Waals surface area contributed by atoms with Crippen molar-refractivity contribution in [3.8, 4) is 0 Å². The van der Waals surface area contributed by atoms with Crippen molar-refractivity contribution in [2.45, 2.75) is 0 Å². The Bertz CT molecular complexity index is 541. The van der Waals surface area contributed by atoms with Crippen LogP contribution in [0.1, 0.15) is 21.5 Å². The molecular formula is C15H14NO+. The van der Waals surface area contributed by atoms with Gasteiger partial charge in [-0.2, -0.15) is 0 Å². The Labute approximate surface area is 101 Å². The SMILES string of the molecule is C[n+]1cccc(/C=C/c2ccc(C=O)cc2)c1. The van der Waals surface area contributed by atoms with Gasteiger partial charge in [0, 0.05) is 17.2 Å². The van der Waals surface area contributed by atoms with Crippen LogP contribution in [0.15, 0.2) is 48.8 Å². The van der Waals surface area contributed by atoms with Crippen LogP contribution in [0.2, 0.25) is 0 Å². The van der Waals surface area contributed by atoms with Crippen LogP contribution >= 0.6 is 0 Å². The minimum absolute atomic E-state index is 0.702. The third-order valence-corrected chi connectivity index (χ3v) is 2.50. The van der Waals surface area contributed by atoms with Gasteiger partial charge in [-0.05, 0) is 17.7 Å². The third kappa shape index (κ3) is 3.11. The van der Waals surface area contributed by atoms with Crippen LogP contribution < -0.4 is 4.57 Å². The molecule has 0 aliphatic carbocycles. The normalized spacial score (nSPS) is 10.6. The lowest BCUT2D eigenvalue weighted by Crippen LogP contribution is -2.26. The largest absolute Gasteiger partial charge is 0.298 e. The number of carbonyl (C=O) groups excluding carboxylic acids is 1. The highest BCUT2D eigenvalue weighted by Gasteiger charge is 1.94. The Balaban J connectivity index is 2.17. The molecule has 0 atom stereocenters. The minimum atomic E-state index is 0.702. The second-order valence-electron chi connectivity index (χ2n) is 3.92. The molecule has 0 spiro atoms. The molecular weight excluding hydrogens is 210 g/mol. The summed E-state index contributed by atoms with van der Waals surface area (Å²) in [4.78, 5) is 10.5. The molecule has 0 amide bonds. The van der Waals surface area contributed by atoms with Gasteiger partial charge in [-0.3, -0.25) is 4.79 Å². The number of pyridine rings is 1. The molecule has 2 nitrogen and oxygen atoms in total. The molecule has 0 radical (unpaired) electrons. The maximum atomic E-state index is 10.5. The first kappa shape index (κ1) is 11.3. The first-order chi connectivity index (χ1) is 8.28. The van der Waals surface area contributed by atoms with E-state index in [1.165, 1.54) is 0 Å². The molecule has 0 bridgehead atoms. The van der Waals surface area contributed by atoms with E-state index in [9.17, 15) is 4.79 Å². The van der Waals surface area contributed by atoms with Gasteiger partial charge in [-0.15, -0.1) is 0 Å². The Hall–Kier alpha value is -2.22. The zero-order chi connectivity index (χ0) is 12.1. The Morgan fingerprint density at radius 1 is 0.941 bits per heavy atom. The smallest absolute Gasteiger partial charge is 0.175 e. The minimum Gasteiger partial charge on any atom is -0.298 e. The quantitative estimate of drug-likeness (QED) is 0.579. The van der Waals surface area contributed by atoms with Crippen LogP contribution in [0.3, 0.4) is 0 Å². The summed E-state index contributed by atoms with van der Waals surface area (Å²) in [5, 5.41) is 0. The predicted octanol–water partition coefficient (Wildman–Crippen LogP) is 2.49. The number of nitrogens with zero attached hydrogens (tertiary/aromatic N) is 1. The van der Waals surface area contributed by atoms with Gasteiger partial charge in [-0.1, -0.05) is 30.3 Å². The van der Waals surface area contributed by atoms with E-state index >= 15 is 0 Å². The monoisotopic (exact) mass is 224 g/mol.